The molecule has 3 aliphatic rings. The predicted octanol–water partition coefficient (Wildman–Crippen LogP) is 5.41. The standard InChI is InChI=1S/C25H33ClN2O3/c1-15(19-14-28(16-10-11-16)22-9-3-7-20(26)24(19)22)13-23(29)27-12-4-6-17-18(25(30)31)5-2-8-21(17)27/h3,7,9,14-18,21,23,29H,2,4-6,8,10-13H2,1H3,(H,30,31). The van der Waals surface area contributed by atoms with Crippen LogP contribution in [0.4, 0.5) is 0 Å². The lowest BCUT2D eigenvalue weighted by Crippen LogP contribution is -2.54. The van der Waals surface area contributed by atoms with Gasteiger partial charge < -0.3 is 14.8 Å². The van der Waals surface area contributed by atoms with Crippen LogP contribution in [0.5, 0.6) is 0 Å². The number of halogens is 1. The number of hydrogen-bond donors (Lipinski definition) is 2. The maximum absolute atomic E-state index is 11.8. The van der Waals surface area contributed by atoms with Gasteiger partial charge in [-0.3, -0.25) is 9.69 Å². The van der Waals surface area contributed by atoms with E-state index < -0.39 is 12.2 Å². The first-order valence-corrected chi connectivity index (χ1v) is 12.3. The summed E-state index contributed by atoms with van der Waals surface area (Å²) in [5.41, 5.74) is 2.41. The number of rotatable bonds is 6. The summed E-state index contributed by atoms with van der Waals surface area (Å²) >= 11 is 6.62. The minimum Gasteiger partial charge on any atom is -0.481 e. The van der Waals surface area contributed by atoms with Crippen molar-refractivity contribution in [1.82, 2.24) is 9.47 Å². The first-order valence-electron chi connectivity index (χ1n) is 11.9. The normalized spacial score (nSPS) is 28.9. The number of aliphatic carboxylic acids is 1. The first kappa shape index (κ1) is 21.3. The predicted molar refractivity (Wildman–Crippen MR) is 122 cm³/mol. The van der Waals surface area contributed by atoms with E-state index in [1.807, 2.05) is 12.1 Å². The average molecular weight is 445 g/mol. The molecule has 5 unspecified atom stereocenters. The number of carboxylic acid groups (broad SMARTS) is 1. The lowest BCUT2D eigenvalue weighted by molar-refractivity contribution is -0.151. The van der Waals surface area contributed by atoms with Gasteiger partial charge in [0.1, 0.15) is 6.23 Å². The molecule has 31 heavy (non-hydrogen) atoms. The van der Waals surface area contributed by atoms with Gasteiger partial charge in [0.2, 0.25) is 0 Å². The van der Waals surface area contributed by atoms with Crippen molar-refractivity contribution in [3.63, 3.8) is 0 Å². The lowest BCUT2D eigenvalue weighted by atomic mass is 9.71. The molecule has 2 aliphatic carbocycles. The van der Waals surface area contributed by atoms with Crippen molar-refractivity contribution in [1.29, 1.82) is 0 Å². The quantitative estimate of drug-likeness (QED) is 0.625. The largest absolute Gasteiger partial charge is 0.481 e. The Kier molecular flexibility index (Phi) is 5.78. The summed E-state index contributed by atoms with van der Waals surface area (Å²) in [5, 5.41) is 22.9. The minimum absolute atomic E-state index is 0.163. The van der Waals surface area contributed by atoms with E-state index in [2.05, 4.69) is 28.7 Å². The molecule has 0 bridgehead atoms. The number of fused-ring (bicyclic) bond motifs is 2. The zero-order valence-corrected chi connectivity index (χ0v) is 19.0. The third-order valence-electron chi connectivity index (χ3n) is 7.98. The summed E-state index contributed by atoms with van der Waals surface area (Å²) in [7, 11) is 0. The molecule has 168 valence electrons. The summed E-state index contributed by atoms with van der Waals surface area (Å²) < 4.78 is 2.37. The van der Waals surface area contributed by atoms with Crippen LogP contribution >= 0.6 is 11.6 Å². The molecule has 3 fully saturated rings. The Hall–Kier alpha value is -1.56. The van der Waals surface area contributed by atoms with Gasteiger partial charge in [-0.2, -0.15) is 0 Å². The van der Waals surface area contributed by atoms with Crippen molar-refractivity contribution in [2.45, 2.75) is 82.5 Å². The zero-order chi connectivity index (χ0) is 21.7. The minimum atomic E-state index is -0.665. The molecule has 5 atom stereocenters. The molecule has 5 rings (SSSR count). The lowest BCUT2D eigenvalue weighted by Gasteiger charge is -2.48. The third kappa shape index (κ3) is 3.90. The fraction of sp³-hybridized carbons (Fsp3) is 0.640. The Morgan fingerprint density at radius 2 is 2.00 bits per heavy atom. The number of carboxylic acids is 1. The van der Waals surface area contributed by atoms with E-state index >= 15 is 0 Å². The molecule has 0 radical (unpaired) electrons. The van der Waals surface area contributed by atoms with E-state index in [1.165, 1.54) is 23.9 Å². The van der Waals surface area contributed by atoms with Crippen molar-refractivity contribution >= 4 is 28.5 Å². The monoisotopic (exact) mass is 444 g/mol. The van der Waals surface area contributed by atoms with Crippen molar-refractivity contribution in [2.75, 3.05) is 6.54 Å². The molecule has 1 aromatic heterocycles. The van der Waals surface area contributed by atoms with Gasteiger partial charge in [-0.15, -0.1) is 0 Å². The molecular formula is C25H33ClN2O3. The summed E-state index contributed by atoms with van der Waals surface area (Å²) in [6, 6.07) is 6.88. The number of likely N-dealkylation sites (tertiary alicyclic amines) is 1. The van der Waals surface area contributed by atoms with Crippen LogP contribution in [0, 0.1) is 11.8 Å². The highest BCUT2D eigenvalue weighted by molar-refractivity contribution is 6.35. The number of aliphatic hydroxyl groups excluding tert-OH is 1. The maximum atomic E-state index is 11.8. The first-order chi connectivity index (χ1) is 15.0. The highest BCUT2D eigenvalue weighted by Gasteiger charge is 2.43. The molecule has 2 saturated carbocycles. The number of aliphatic hydroxyl groups is 1. The summed E-state index contributed by atoms with van der Waals surface area (Å²) in [6.45, 7) is 3.03. The molecule has 1 aliphatic heterocycles. The molecule has 2 aromatic rings. The average Bonchev–Trinajstić information content (AvgIpc) is 3.52. The highest BCUT2D eigenvalue weighted by Crippen LogP contribution is 2.44. The number of nitrogens with zero attached hydrogens (tertiary/aromatic N) is 2. The topological polar surface area (TPSA) is 65.7 Å². The van der Waals surface area contributed by atoms with Gasteiger partial charge in [-0.25, -0.2) is 0 Å². The van der Waals surface area contributed by atoms with Crippen LogP contribution in [-0.2, 0) is 4.79 Å². The van der Waals surface area contributed by atoms with Crippen LogP contribution < -0.4 is 0 Å². The highest BCUT2D eigenvalue weighted by atomic mass is 35.5. The van der Waals surface area contributed by atoms with E-state index in [4.69, 9.17) is 11.6 Å². The van der Waals surface area contributed by atoms with E-state index in [9.17, 15) is 15.0 Å². The third-order valence-corrected chi connectivity index (χ3v) is 8.29. The summed E-state index contributed by atoms with van der Waals surface area (Å²) in [4.78, 5) is 14.0. The molecule has 1 saturated heterocycles. The molecule has 1 aromatic carbocycles. The Morgan fingerprint density at radius 1 is 1.19 bits per heavy atom. The van der Waals surface area contributed by atoms with Crippen LogP contribution in [-0.4, -0.2) is 44.5 Å². The fourth-order valence-corrected chi connectivity index (χ4v) is 6.58. The molecule has 0 amide bonds. The number of benzene rings is 1. The van der Waals surface area contributed by atoms with E-state index in [0.717, 1.165) is 49.1 Å². The smallest absolute Gasteiger partial charge is 0.306 e. The van der Waals surface area contributed by atoms with Gasteiger partial charge in [-0.05, 0) is 74.5 Å². The summed E-state index contributed by atoms with van der Waals surface area (Å²) in [6.07, 6.45) is 9.39. The van der Waals surface area contributed by atoms with Crippen molar-refractivity contribution < 1.29 is 15.0 Å². The second kappa shape index (κ2) is 8.42. The number of carbonyl (C=O) groups is 1. The maximum Gasteiger partial charge on any atom is 0.306 e. The van der Waals surface area contributed by atoms with Crippen molar-refractivity contribution in [2.24, 2.45) is 11.8 Å². The molecule has 2 heterocycles. The van der Waals surface area contributed by atoms with Crippen molar-refractivity contribution in [3.05, 3.63) is 35.0 Å². The Labute approximate surface area is 189 Å². The van der Waals surface area contributed by atoms with E-state index in [1.54, 1.807) is 0 Å². The molecule has 5 nitrogen and oxygen atoms in total. The van der Waals surface area contributed by atoms with Crippen LogP contribution in [0.2, 0.25) is 5.02 Å². The fourth-order valence-electron chi connectivity index (χ4n) is 6.31. The number of piperidine rings is 1. The van der Waals surface area contributed by atoms with E-state index in [0.29, 0.717) is 12.5 Å². The van der Waals surface area contributed by atoms with Crippen molar-refractivity contribution in [3.8, 4) is 0 Å². The molecular weight excluding hydrogens is 412 g/mol. The molecule has 2 N–H and O–H groups in total. The van der Waals surface area contributed by atoms with E-state index in [-0.39, 0.29) is 23.8 Å². The Bertz CT molecular complexity index is 969. The van der Waals surface area contributed by atoms with Gasteiger partial charge >= 0.3 is 5.97 Å². The Morgan fingerprint density at radius 3 is 2.74 bits per heavy atom. The molecule has 0 spiro atoms. The van der Waals surface area contributed by atoms with Crippen LogP contribution in [0.15, 0.2) is 24.4 Å². The molecule has 6 heteroatoms. The second-order valence-electron chi connectivity index (χ2n) is 9.96. The van der Waals surface area contributed by atoms with Crippen LogP contribution in [0.3, 0.4) is 0 Å². The van der Waals surface area contributed by atoms with Gasteiger partial charge in [0.25, 0.3) is 0 Å². The number of aromatic nitrogens is 1. The van der Waals surface area contributed by atoms with Crippen LogP contribution in [0.1, 0.15) is 75.8 Å². The number of hydrogen-bond acceptors (Lipinski definition) is 3. The Balaban J connectivity index is 1.37. The van der Waals surface area contributed by atoms with Crippen LogP contribution in [0.25, 0.3) is 10.9 Å². The second-order valence-corrected chi connectivity index (χ2v) is 10.4. The van der Waals surface area contributed by atoms with Gasteiger partial charge in [-0.1, -0.05) is 31.0 Å². The SMILES string of the molecule is CC(CC(O)N1CCCC2C(C(=O)O)CCCC21)c1cn(C2CC2)c2cccc(Cl)c12. The summed E-state index contributed by atoms with van der Waals surface area (Å²) in [5.74, 6) is -0.601. The van der Waals surface area contributed by atoms with Gasteiger partial charge in [0.05, 0.1) is 16.5 Å². The zero-order valence-electron chi connectivity index (χ0n) is 18.2. The van der Waals surface area contributed by atoms with Gasteiger partial charge in [0, 0.05) is 30.2 Å². The van der Waals surface area contributed by atoms with Gasteiger partial charge in [0.15, 0.2) is 0 Å².